The minimum absolute atomic E-state index is 0.0956. The average molecular weight is 425 g/mol. The van der Waals surface area contributed by atoms with E-state index in [4.69, 9.17) is 14.6 Å². The third-order valence-electron chi connectivity index (χ3n) is 6.12. The molecule has 0 radical (unpaired) electrons. The van der Waals surface area contributed by atoms with Gasteiger partial charge in [0.15, 0.2) is 6.10 Å². The maximum Gasteiger partial charge on any atom is 0.335 e. The van der Waals surface area contributed by atoms with Gasteiger partial charge < -0.3 is 40.3 Å². The van der Waals surface area contributed by atoms with Gasteiger partial charge in [-0.1, -0.05) is 31.4 Å². The molecule has 2 fully saturated rings. The van der Waals surface area contributed by atoms with E-state index >= 15 is 0 Å². The van der Waals surface area contributed by atoms with E-state index in [0.29, 0.717) is 12.3 Å². The van der Waals surface area contributed by atoms with Crippen LogP contribution >= 0.6 is 0 Å². The van der Waals surface area contributed by atoms with E-state index in [1.165, 1.54) is 0 Å². The minimum atomic E-state index is -1.77. The van der Waals surface area contributed by atoms with Crippen molar-refractivity contribution in [3.8, 4) is 5.75 Å². The standard InChI is InChI=1S/C21H31NO8/c1-22-11-14(21(28)9-3-2-4-10-21)12-5-7-13(8-6-12)29-20-17(25)15(23)16(24)18(30-20)19(26)27/h5-8,14-18,20,22-25,28H,2-4,9-11H2,1H3,(H,26,27)/t14?,15-,16-,17+,18-,20?/m0/s1. The molecule has 0 amide bonds. The molecular weight excluding hydrogens is 394 g/mol. The smallest absolute Gasteiger partial charge is 0.335 e. The van der Waals surface area contributed by atoms with E-state index in [9.17, 15) is 25.2 Å². The molecule has 6 atom stereocenters. The lowest BCUT2D eigenvalue weighted by atomic mass is 9.73. The Balaban J connectivity index is 1.73. The maximum atomic E-state index is 11.2. The van der Waals surface area contributed by atoms with E-state index in [0.717, 1.165) is 37.7 Å². The molecule has 30 heavy (non-hydrogen) atoms. The molecule has 6 N–H and O–H groups in total. The first-order chi connectivity index (χ1) is 14.3. The first kappa shape index (κ1) is 22.9. The van der Waals surface area contributed by atoms with E-state index in [-0.39, 0.29) is 5.92 Å². The van der Waals surface area contributed by atoms with Crippen LogP contribution < -0.4 is 10.1 Å². The van der Waals surface area contributed by atoms with E-state index in [1.54, 1.807) is 12.1 Å². The number of hydrogen-bond acceptors (Lipinski definition) is 8. The molecule has 0 spiro atoms. The Morgan fingerprint density at radius 2 is 1.77 bits per heavy atom. The number of carboxylic acids is 1. The minimum Gasteiger partial charge on any atom is -0.479 e. The van der Waals surface area contributed by atoms with Crippen LogP contribution in [0.5, 0.6) is 5.75 Å². The summed E-state index contributed by atoms with van der Waals surface area (Å²) in [5, 5.41) is 53.2. The van der Waals surface area contributed by atoms with Crippen molar-refractivity contribution in [3.63, 3.8) is 0 Å². The summed E-state index contributed by atoms with van der Waals surface area (Å²) >= 11 is 0. The second-order valence-electron chi connectivity index (χ2n) is 8.20. The predicted octanol–water partition coefficient (Wildman–Crippen LogP) is -0.0442. The number of aliphatic hydroxyl groups is 4. The SMILES string of the molecule is CNCC(c1ccc(OC2O[C@H](C(=O)O)[C@@H](O)[C@H](O)[C@H]2O)cc1)C1(O)CCCCC1. The molecule has 3 rings (SSSR count). The summed E-state index contributed by atoms with van der Waals surface area (Å²) < 4.78 is 10.7. The van der Waals surface area contributed by atoms with Crippen LogP contribution in [0.3, 0.4) is 0 Å². The van der Waals surface area contributed by atoms with Crippen molar-refractivity contribution in [3.05, 3.63) is 29.8 Å². The largest absolute Gasteiger partial charge is 0.479 e. The van der Waals surface area contributed by atoms with Crippen molar-refractivity contribution in [2.75, 3.05) is 13.6 Å². The summed E-state index contributed by atoms with van der Waals surface area (Å²) in [4.78, 5) is 11.2. The summed E-state index contributed by atoms with van der Waals surface area (Å²) in [6.45, 7) is 0.617. The molecule has 1 aromatic carbocycles. The van der Waals surface area contributed by atoms with Crippen molar-refractivity contribution < 1.29 is 39.8 Å². The van der Waals surface area contributed by atoms with Gasteiger partial charge in [-0.3, -0.25) is 0 Å². The van der Waals surface area contributed by atoms with Gasteiger partial charge in [-0.2, -0.15) is 0 Å². The van der Waals surface area contributed by atoms with Crippen LogP contribution in [0.15, 0.2) is 24.3 Å². The van der Waals surface area contributed by atoms with Gasteiger partial charge in [0.05, 0.1) is 5.60 Å². The first-order valence-electron chi connectivity index (χ1n) is 10.3. The van der Waals surface area contributed by atoms with Gasteiger partial charge in [-0.15, -0.1) is 0 Å². The lowest BCUT2D eigenvalue weighted by Gasteiger charge is -2.40. The van der Waals surface area contributed by atoms with Crippen LogP contribution in [0, 0.1) is 0 Å². The molecule has 1 heterocycles. The number of benzene rings is 1. The molecule has 168 valence electrons. The zero-order chi connectivity index (χ0) is 21.9. The van der Waals surface area contributed by atoms with Crippen molar-refractivity contribution in [2.24, 2.45) is 0 Å². The average Bonchev–Trinajstić information content (AvgIpc) is 2.73. The Morgan fingerprint density at radius 1 is 1.13 bits per heavy atom. The molecule has 1 aliphatic carbocycles. The predicted molar refractivity (Wildman–Crippen MR) is 106 cm³/mol. The summed E-state index contributed by atoms with van der Waals surface area (Å²) in [6, 6.07) is 6.93. The summed E-state index contributed by atoms with van der Waals surface area (Å²) in [7, 11) is 1.84. The fourth-order valence-corrected chi connectivity index (χ4v) is 4.40. The van der Waals surface area contributed by atoms with Gasteiger partial charge in [-0.05, 0) is 37.6 Å². The number of carboxylic acid groups (broad SMARTS) is 1. The molecule has 9 heteroatoms. The molecular formula is C21H31NO8. The monoisotopic (exact) mass is 425 g/mol. The molecule has 1 aliphatic heterocycles. The number of rotatable bonds is 7. The summed E-state index contributed by atoms with van der Waals surface area (Å²) in [6.07, 6.45) is -3.66. The second-order valence-corrected chi connectivity index (χ2v) is 8.20. The third kappa shape index (κ3) is 4.77. The number of ether oxygens (including phenoxy) is 2. The zero-order valence-corrected chi connectivity index (χ0v) is 17.0. The van der Waals surface area contributed by atoms with Crippen LogP contribution in [0.2, 0.25) is 0 Å². The molecule has 1 saturated heterocycles. The molecule has 1 aromatic rings. The van der Waals surface area contributed by atoms with Crippen molar-refractivity contribution in [1.29, 1.82) is 0 Å². The second kappa shape index (κ2) is 9.59. The van der Waals surface area contributed by atoms with Gasteiger partial charge >= 0.3 is 5.97 Å². The number of carbonyl (C=O) groups is 1. The first-order valence-corrected chi connectivity index (χ1v) is 10.3. The van der Waals surface area contributed by atoms with Gasteiger partial charge in [0.1, 0.15) is 24.1 Å². The lowest BCUT2D eigenvalue weighted by Crippen LogP contribution is -2.61. The number of hydrogen-bond donors (Lipinski definition) is 6. The Labute approximate surface area is 175 Å². The molecule has 0 bridgehead atoms. The van der Waals surface area contributed by atoms with Gasteiger partial charge in [0.2, 0.25) is 6.29 Å². The van der Waals surface area contributed by atoms with Crippen LogP contribution in [0.25, 0.3) is 0 Å². The summed E-state index contributed by atoms with van der Waals surface area (Å²) in [5.41, 5.74) is 0.159. The van der Waals surface area contributed by atoms with E-state index in [2.05, 4.69) is 5.32 Å². The highest BCUT2D eigenvalue weighted by Crippen LogP contribution is 2.40. The Morgan fingerprint density at radius 3 is 2.33 bits per heavy atom. The highest BCUT2D eigenvalue weighted by atomic mass is 16.7. The van der Waals surface area contributed by atoms with Gasteiger partial charge in [0, 0.05) is 12.5 Å². The highest BCUT2D eigenvalue weighted by molar-refractivity contribution is 5.73. The van der Waals surface area contributed by atoms with Gasteiger partial charge in [-0.25, -0.2) is 4.79 Å². The Kier molecular flexibility index (Phi) is 7.33. The van der Waals surface area contributed by atoms with Crippen LogP contribution in [0.4, 0.5) is 0 Å². The molecule has 0 aromatic heterocycles. The third-order valence-corrected chi connectivity index (χ3v) is 6.12. The number of aliphatic carboxylic acids is 1. The van der Waals surface area contributed by atoms with Gasteiger partial charge in [0.25, 0.3) is 0 Å². The van der Waals surface area contributed by atoms with Crippen molar-refractivity contribution in [1.82, 2.24) is 5.32 Å². The maximum absolute atomic E-state index is 11.2. The molecule has 1 saturated carbocycles. The van der Waals surface area contributed by atoms with Crippen molar-refractivity contribution in [2.45, 2.75) is 74.3 Å². The number of nitrogens with one attached hydrogen (secondary N) is 1. The molecule has 2 unspecified atom stereocenters. The zero-order valence-electron chi connectivity index (χ0n) is 17.0. The fourth-order valence-electron chi connectivity index (χ4n) is 4.40. The number of aliphatic hydroxyl groups excluding tert-OH is 3. The normalized spacial score (nSPS) is 32.4. The topological polar surface area (TPSA) is 149 Å². The quantitative estimate of drug-likeness (QED) is 0.354. The lowest BCUT2D eigenvalue weighted by molar-refractivity contribution is -0.271. The van der Waals surface area contributed by atoms with Crippen LogP contribution in [-0.2, 0) is 9.53 Å². The fraction of sp³-hybridized carbons (Fsp3) is 0.667. The Bertz CT molecular complexity index is 705. The number of likely N-dealkylation sites (N-methyl/N-ethyl adjacent to an activating group) is 1. The van der Waals surface area contributed by atoms with Crippen LogP contribution in [-0.4, -0.2) is 81.4 Å². The van der Waals surface area contributed by atoms with Crippen LogP contribution in [0.1, 0.15) is 43.6 Å². The Hall–Kier alpha value is -1.75. The van der Waals surface area contributed by atoms with E-state index < -0.39 is 42.3 Å². The molecule has 2 aliphatic rings. The van der Waals surface area contributed by atoms with Crippen molar-refractivity contribution >= 4 is 5.97 Å². The summed E-state index contributed by atoms with van der Waals surface area (Å²) in [5.74, 6) is -1.26. The highest BCUT2D eigenvalue weighted by Gasteiger charge is 2.48. The molecule has 9 nitrogen and oxygen atoms in total. The van der Waals surface area contributed by atoms with E-state index in [1.807, 2.05) is 19.2 Å².